The molecule has 1 heterocycles. The average molecular weight is 261 g/mol. The Labute approximate surface area is 108 Å². The van der Waals surface area contributed by atoms with Crippen LogP contribution in [0.4, 0.5) is 0 Å². The first kappa shape index (κ1) is 12.9. The minimum absolute atomic E-state index is 0.125. The predicted molar refractivity (Wildman–Crippen MR) is 63.4 cm³/mol. The normalized spacial score (nSPS) is 13.4. The molecule has 1 aliphatic rings. The molecule has 2 amide bonds. The van der Waals surface area contributed by atoms with E-state index in [0.717, 1.165) is 12.0 Å². The Balaban J connectivity index is 2.09. The van der Waals surface area contributed by atoms with Gasteiger partial charge in [-0.05, 0) is 12.1 Å². The molecular formula is C13H11NO5. The number of methoxy groups -OCH3 is 1. The van der Waals surface area contributed by atoms with Crippen molar-refractivity contribution in [3.8, 4) is 0 Å². The fourth-order valence-electron chi connectivity index (χ4n) is 1.87. The van der Waals surface area contributed by atoms with Gasteiger partial charge in [-0.15, -0.1) is 0 Å². The van der Waals surface area contributed by atoms with E-state index in [0.29, 0.717) is 11.1 Å². The molecular weight excluding hydrogens is 250 g/mol. The maximum Gasteiger partial charge on any atom is 0.374 e. The summed E-state index contributed by atoms with van der Waals surface area (Å²) in [5.41, 5.74) is 0.635. The second-order valence-corrected chi connectivity index (χ2v) is 3.97. The summed E-state index contributed by atoms with van der Waals surface area (Å²) in [7, 11) is 1.10. The van der Waals surface area contributed by atoms with Gasteiger partial charge in [0.2, 0.25) is 5.78 Å². The van der Waals surface area contributed by atoms with Crippen molar-refractivity contribution in [2.24, 2.45) is 0 Å². The van der Waals surface area contributed by atoms with Gasteiger partial charge in [-0.2, -0.15) is 0 Å². The Hall–Kier alpha value is -2.50. The van der Waals surface area contributed by atoms with Gasteiger partial charge in [-0.3, -0.25) is 19.3 Å². The van der Waals surface area contributed by atoms with Crippen molar-refractivity contribution in [1.29, 1.82) is 0 Å². The Kier molecular flexibility index (Phi) is 3.41. The van der Waals surface area contributed by atoms with Crippen molar-refractivity contribution in [3.05, 3.63) is 35.4 Å². The first-order chi connectivity index (χ1) is 9.06. The minimum Gasteiger partial charge on any atom is -0.463 e. The van der Waals surface area contributed by atoms with Crippen LogP contribution < -0.4 is 0 Å². The van der Waals surface area contributed by atoms with Crippen LogP contribution in [0.3, 0.4) is 0 Å². The predicted octanol–water partition coefficient (Wildman–Crippen LogP) is 0.415. The highest BCUT2D eigenvalue weighted by Crippen LogP contribution is 2.22. The lowest BCUT2D eigenvalue weighted by Crippen LogP contribution is -2.33. The zero-order chi connectivity index (χ0) is 14.0. The molecule has 0 bridgehead atoms. The number of hydrogen-bond donors (Lipinski definition) is 0. The van der Waals surface area contributed by atoms with Gasteiger partial charge in [0, 0.05) is 13.0 Å². The van der Waals surface area contributed by atoms with Crippen LogP contribution in [0.25, 0.3) is 0 Å². The molecule has 6 nitrogen and oxygen atoms in total. The monoisotopic (exact) mass is 261 g/mol. The van der Waals surface area contributed by atoms with Crippen LogP contribution in [0, 0.1) is 0 Å². The van der Waals surface area contributed by atoms with Gasteiger partial charge in [-0.1, -0.05) is 12.1 Å². The summed E-state index contributed by atoms with van der Waals surface area (Å²) in [6, 6.07) is 6.43. The van der Waals surface area contributed by atoms with E-state index in [1.807, 2.05) is 0 Å². The van der Waals surface area contributed by atoms with E-state index in [1.165, 1.54) is 0 Å². The van der Waals surface area contributed by atoms with E-state index in [9.17, 15) is 19.2 Å². The van der Waals surface area contributed by atoms with E-state index < -0.39 is 23.6 Å². The number of esters is 1. The SMILES string of the molecule is COC(=O)C(=O)CCN1C(=O)c2ccccc2C1=O. The molecule has 2 rings (SSSR count). The number of hydrogen-bond acceptors (Lipinski definition) is 5. The number of imide groups is 1. The van der Waals surface area contributed by atoms with Gasteiger partial charge in [0.25, 0.3) is 11.8 Å². The van der Waals surface area contributed by atoms with Crippen molar-refractivity contribution in [1.82, 2.24) is 4.90 Å². The summed E-state index contributed by atoms with van der Waals surface area (Å²) in [6.45, 7) is -0.125. The molecule has 19 heavy (non-hydrogen) atoms. The molecule has 0 unspecified atom stereocenters. The Morgan fingerprint density at radius 3 is 2.11 bits per heavy atom. The summed E-state index contributed by atoms with van der Waals surface area (Å²) >= 11 is 0. The summed E-state index contributed by atoms with van der Waals surface area (Å²) in [5, 5.41) is 0. The van der Waals surface area contributed by atoms with Crippen molar-refractivity contribution >= 4 is 23.6 Å². The number of fused-ring (bicyclic) bond motifs is 1. The third-order valence-corrected chi connectivity index (χ3v) is 2.85. The van der Waals surface area contributed by atoms with Gasteiger partial charge in [0.05, 0.1) is 18.2 Å². The van der Waals surface area contributed by atoms with Gasteiger partial charge < -0.3 is 4.74 Å². The molecule has 0 spiro atoms. The molecule has 98 valence electrons. The van der Waals surface area contributed by atoms with Crippen molar-refractivity contribution in [3.63, 3.8) is 0 Å². The lowest BCUT2D eigenvalue weighted by Gasteiger charge is -2.12. The molecule has 1 aromatic rings. The first-order valence-corrected chi connectivity index (χ1v) is 5.62. The average Bonchev–Trinajstić information content (AvgIpc) is 2.68. The number of rotatable bonds is 4. The minimum atomic E-state index is -0.975. The molecule has 0 saturated carbocycles. The lowest BCUT2D eigenvalue weighted by atomic mass is 10.1. The lowest BCUT2D eigenvalue weighted by molar-refractivity contribution is -0.151. The molecule has 0 saturated heterocycles. The zero-order valence-electron chi connectivity index (χ0n) is 10.2. The number of ketones is 1. The molecule has 1 aliphatic heterocycles. The molecule has 1 aromatic carbocycles. The zero-order valence-corrected chi connectivity index (χ0v) is 10.2. The first-order valence-electron chi connectivity index (χ1n) is 5.62. The number of carbonyl (C=O) groups excluding carboxylic acids is 4. The van der Waals surface area contributed by atoms with E-state index in [4.69, 9.17) is 0 Å². The molecule has 0 aliphatic carbocycles. The topological polar surface area (TPSA) is 80.8 Å². The maximum absolute atomic E-state index is 11.9. The summed E-state index contributed by atoms with van der Waals surface area (Å²) in [5.74, 6) is -2.63. The Morgan fingerprint density at radius 1 is 1.11 bits per heavy atom. The molecule has 0 N–H and O–H groups in total. The van der Waals surface area contributed by atoms with Crippen LogP contribution >= 0.6 is 0 Å². The van der Waals surface area contributed by atoms with Gasteiger partial charge in [0.1, 0.15) is 0 Å². The number of benzene rings is 1. The van der Waals surface area contributed by atoms with Crippen molar-refractivity contribution < 1.29 is 23.9 Å². The molecule has 6 heteroatoms. The Morgan fingerprint density at radius 2 is 1.63 bits per heavy atom. The van der Waals surface area contributed by atoms with Gasteiger partial charge >= 0.3 is 5.97 Å². The summed E-state index contributed by atoms with van der Waals surface area (Å²) < 4.78 is 4.27. The van der Waals surface area contributed by atoms with Crippen LogP contribution in [0.1, 0.15) is 27.1 Å². The van der Waals surface area contributed by atoms with Crippen molar-refractivity contribution in [2.45, 2.75) is 6.42 Å². The fraction of sp³-hybridized carbons (Fsp3) is 0.231. The third kappa shape index (κ3) is 2.24. The highest BCUT2D eigenvalue weighted by Gasteiger charge is 2.35. The van der Waals surface area contributed by atoms with E-state index >= 15 is 0 Å². The highest BCUT2D eigenvalue weighted by atomic mass is 16.5. The largest absolute Gasteiger partial charge is 0.463 e. The van der Waals surface area contributed by atoms with Crippen LogP contribution in [-0.4, -0.2) is 42.1 Å². The second-order valence-electron chi connectivity index (χ2n) is 3.97. The second kappa shape index (κ2) is 5.01. The van der Waals surface area contributed by atoms with Gasteiger partial charge in [-0.25, -0.2) is 4.79 Å². The standard InChI is InChI=1S/C13H11NO5/c1-19-13(18)10(15)6-7-14-11(16)8-4-2-3-5-9(8)12(14)17/h2-5H,6-7H2,1H3. The van der Waals surface area contributed by atoms with E-state index in [2.05, 4.69) is 4.74 Å². The third-order valence-electron chi connectivity index (χ3n) is 2.85. The van der Waals surface area contributed by atoms with Crippen molar-refractivity contribution in [2.75, 3.05) is 13.7 Å². The van der Waals surface area contributed by atoms with E-state index in [-0.39, 0.29) is 13.0 Å². The number of amides is 2. The fourth-order valence-corrected chi connectivity index (χ4v) is 1.87. The highest BCUT2D eigenvalue weighted by molar-refractivity contribution is 6.33. The summed E-state index contributed by atoms with van der Waals surface area (Å²) in [4.78, 5) is 47.1. The summed E-state index contributed by atoms with van der Waals surface area (Å²) in [6.07, 6.45) is -0.238. The molecule has 0 atom stereocenters. The quantitative estimate of drug-likeness (QED) is 0.445. The van der Waals surface area contributed by atoms with E-state index in [1.54, 1.807) is 24.3 Å². The van der Waals surface area contributed by atoms with Crippen LogP contribution in [-0.2, 0) is 14.3 Å². The van der Waals surface area contributed by atoms with Crippen LogP contribution in [0.5, 0.6) is 0 Å². The molecule has 0 radical (unpaired) electrons. The smallest absolute Gasteiger partial charge is 0.374 e. The Bertz CT molecular complexity index is 543. The van der Waals surface area contributed by atoms with Gasteiger partial charge in [0.15, 0.2) is 0 Å². The molecule has 0 fully saturated rings. The van der Waals surface area contributed by atoms with Crippen LogP contribution in [0.15, 0.2) is 24.3 Å². The number of carbonyl (C=O) groups is 4. The maximum atomic E-state index is 11.9. The number of nitrogens with zero attached hydrogens (tertiary/aromatic N) is 1. The number of ether oxygens (including phenoxy) is 1. The van der Waals surface area contributed by atoms with Crippen LogP contribution in [0.2, 0.25) is 0 Å². The molecule has 0 aromatic heterocycles. The number of Topliss-reactive ketones (excluding diaryl/α,β-unsaturated/α-hetero) is 1.